The Morgan fingerprint density at radius 2 is 2.05 bits per heavy atom. The normalized spacial score (nSPS) is 10.7. The summed E-state index contributed by atoms with van der Waals surface area (Å²) < 4.78 is 15.7. The smallest absolute Gasteiger partial charge is 0.167 e. The Morgan fingerprint density at radius 3 is 2.75 bits per heavy atom. The summed E-state index contributed by atoms with van der Waals surface area (Å²) in [7, 11) is 1.68. The highest BCUT2D eigenvalue weighted by Gasteiger charge is 2.06. The second kappa shape index (κ2) is 7.67. The molecule has 0 atom stereocenters. The van der Waals surface area contributed by atoms with E-state index in [1.165, 1.54) is 0 Å². The van der Waals surface area contributed by atoms with Crippen LogP contribution in [0.4, 0.5) is 0 Å². The highest BCUT2D eigenvalue weighted by atomic mass is 16.5. The predicted molar refractivity (Wildman–Crippen MR) is 76.7 cm³/mol. The fourth-order valence-corrected chi connectivity index (χ4v) is 1.80. The van der Waals surface area contributed by atoms with Gasteiger partial charge < -0.3 is 19.3 Å². The molecule has 0 fully saturated rings. The molecular weight excluding hydrogens is 256 g/mol. The molecule has 0 aliphatic rings. The van der Waals surface area contributed by atoms with Crippen LogP contribution in [-0.2, 0) is 11.3 Å². The molecule has 1 aromatic heterocycles. The Balaban J connectivity index is 1.93. The fourth-order valence-electron chi connectivity index (χ4n) is 1.80. The molecule has 0 aliphatic carbocycles. The van der Waals surface area contributed by atoms with Crippen molar-refractivity contribution in [2.75, 3.05) is 26.9 Å². The number of aromatic nitrogens is 1. The zero-order chi connectivity index (χ0) is 14.2. The largest absolute Gasteiger partial charge is 0.494 e. The van der Waals surface area contributed by atoms with Crippen molar-refractivity contribution in [1.29, 1.82) is 0 Å². The molecule has 0 bridgehead atoms. The molecule has 108 valence electrons. The van der Waals surface area contributed by atoms with E-state index in [1.54, 1.807) is 7.11 Å². The van der Waals surface area contributed by atoms with Gasteiger partial charge in [0.05, 0.1) is 18.9 Å². The number of hydrogen-bond donors (Lipinski definition) is 1. The number of hydrogen-bond acceptors (Lipinski definition) is 5. The molecule has 0 spiro atoms. The maximum atomic E-state index is 5.41. The van der Waals surface area contributed by atoms with Gasteiger partial charge in [-0.05, 0) is 31.2 Å². The Kier molecular flexibility index (Phi) is 5.58. The second-order valence-corrected chi connectivity index (χ2v) is 4.31. The van der Waals surface area contributed by atoms with Gasteiger partial charge in [0.25, 0.3) is 0 Å². The molecule has 0 saturated heterocycles. The van der Waals surface area contributed by atoms with Gasteiger partial charge in [0.1, 0.15) is 5.75 Å². The lowest BCUT2D eigenvalue weighted by molar-refractivity contribution is 0.199. The molecule has 0 aliphatic heterocycles. The minimum atomic E-state index is 0.666. The number of rotatable bonds is 8. The first-order valence-corrected chi connectivity index (χ1v) is 6.72. The highest BCUT2D eigenvalue weighted by molar-refractivity contribution is 5.58. The monoisotopic (exact) mass is 276 g/mol. The van der Waals surface area contributed by atoms with Crippen molar-refractivity contribution in [1.82, 2.24) is 10.5 Å². The Bertz CT molecular complexity index is 508. The summed E-state index contributed by atoms with van der Waals surface area (Å²) >= 11 is 0. The molecule has 2 rings (SSSR count). The predicted octanol–water partition coefficient (Wildman–Crippen LogP) is 2.48. The van der Waals surface area contributed by atoms with Crippen LogP contribution in [0.1, 0.15) is 12.6 Å². The van der Waals surface area contributed by atoms with Crippen LogP contribution >= 0.6 is 0 Å². The van der Waals surface area contributed by atoms with E-state index in [-0.39, 0.29) is 0 Å². The van der Waals surface area contributed by atoms with Crippen LogP contribution in [-0.4, -0.2) is 32.0 Å². The van der Waals surface area contributed by atoms with Crippen LogP contribution in [0.25, 0.3) is 11.3 Å². The summed E-state index contributed by atoms with van der Waals surface area (Å²) in [6.07, 6.45) is 0. The average Bonchev–Trinajstić information content (AvgIpc) is 2.94. The quantitative estimate of drug-likeness (QED) is 0.751. The number of methoxy groups -OCH3 is 1. The number of ether oxygens (including phenoxy) is 2. The Morgan fingerprint density at radius 1 is 1.25 bits per heavy atom. The third-order valence-corrected chi connectivity index (χ3v) is 2.80. The SMILES string of the molecule is CCOc1ccc(-c2cc(CNCCOC)no2)cc1. The van der Waals surface area contributed by atoms with Gasteiger partial charge in [-0.1, -0.05) is 5.16 Å². The minimum absolute atomic E-state index is 0.666. The summed E-state index contributed by atoms with van der Waals surface area (Å²) in [5.74, 6) is 1.62. The molecule has 0 unspecified atom stereocenters. The summed E-state index contributed by atoms with van der Waals surface area (Å²) in [6.45, 7) is 4.78. The average molecular weight is 276 g/mol. The summed E-state index contributed by atoms with van der Waals surface area (Å²) in [5.41, 5.74) is 1.87. The fraction of sp³-hybridized carbons (Fsp3) is 0.400. The standard InChI is InChI=1S/C15H20N2O3/c1-3-19-14-6-4-12(5-7-14)15-10-13(17-20-15)11-16-8-9-18-2/h4-7,10,16H,3,8-9,11H2,1-2H3. The van der Waals surface area contributed by atoms with Crippen LogP contribution in [0.2, 0.25) is 0 Å². The molecule has 2 aromatic rings. The molecule has 1 N–H and O–H groups in total. The van der Waals surface area contributed by atoms with Crippen molar-refractivity contribution in [3.63, 3.8) is 0 Å². The van der Waals surface area contributed by atoms with Crippen LogP contribution in [0.5, 0.6) is 5.75 Å². The van der Waals surface area contributed by atoms with Gasteiger partial charge in [-0.15, -0.1) is 0 Å². The van der Waals surface area contributed by atoms with E-state index in [2.05, 4.69) is 10.5 Å². The summed E-state index contributed by atoms with van der Waals surface area (Å²) in [6, 6.07) is 9.73. The molecule has 0 amide bonds. The lowest BCUT2D eigenvalue weighted by Crippen LogP contribution is -2.18. The summed E-state index contributed by atoms with van der Waals surface area (Å²) in [4.78, 5) is 0. The molecule has 0 radical (unpaired) electrons. The van der Waals surface area contributed by atoms with E-state index in [4.69, 9.17) is 14.0 Å². The van der Waals surface area contributed by atoms with Gasteiger partial charge in [0, 0.05) is 31.8 Å². The third-order valence-electron chi connectivity index (χ3n) is 2.80. The first-order chi connectivity index (χ1) is 9.83. The van der Waals surface area contributed by atoms with Crippen molar-refractivity contribution in [2.24, 2.45) is 0 Å². The maximum Gasteiger partial charge on any atom is 0.167 e. The molecule has 0 saturated carbocycles. The van der Waals surface area contributed by atoms with Crippen LogP contribution in [0, 0.1) is 0 Å². The zero-order valence-corrected chi connectivity index (χ0v) is 11.9. The lowest BCUT2D eigenvalue weighted by Gasteiger charge is -2.02. The third kappa shape index (κ3) is 4.08. The topological polar surface area (TPSA) is 56.5 Å². The van der Waals surface area contributed by atoms with E-state index in [0.29, 0.717) is 19.8 Å². The van der Waals surface area contributed by atoms with Gasteiger partial charge >= 0.3 is 0 Å². The maximum absolute atomic E-state index is 5.41. The first kappa shape index (κ1) is 14.6. The first-order valence-electron chi connectivity index (χ1n) is 6.72. The molecule has 5 nitrogen and oxygen atoms in total. The molecule has 5 heteroatoms. The van der Waals surface area contributed by atoms with Crippen LogP contribution in [0.3, 0.4) is 0 Å². The van der Waals surface area contributed by atoms with E-state index < -0.39 is 0 Å². The van der Waals surface area contributed by atoms with E-state index >= 15 is 0 Å². The van der Waals surface area contributed by atoms with E-state index in [0.717, 1.165) is 29.3 Å². The highest BCUT2D eigenvalue weighted by Crippen LogP contribution is 2.23. The Hall–Kier alpha value is -1.85. The molecular formula is C15H20N2O3. The van der Waals surface area contributed by atoms with Gasteiger partial charge in [0.2, 0.25) is 0 Å². The van der Waals surface area contributed by atoms with Crippen LogP contribution < -0.4 is 10.1 Å². The van der Waals surface area contributed by atoms with Gasteiger partial charge in [-0.25, -0.2) is 0 Å². The molecule has 20 heavy (non-hydrogen) atoms. The molecule has 1 aromatic carbocycles. The van der Waals surface area contributed by atoms with Crippen LogP contribution in [0.15, 0.2) is 34.9 Å². The molecule has 1 heterocycles. The van der Waals surface area contributed by atoms with Gasteiger partial charge in [0.15, 0.2) is 5.76 Å². The number of nitrogens with one attached hydrogen (secondary N) is 1. The van der Waals surface area contributed by atoms with Crippen molar-refractivity contribution < 1.29 is 14.0 Å². The van der Waals surface area contributed by atoms with Crippen molar-refractivity contribution >= 4 is 0 Å². The van der Waals surface area contributed by atoms with Gasteiger partial charge in [-0.2, -0.15) is 0 Å². The number of benzene rings is 1. The zero-order valence-electron chi connectivity index (χ0n) is 11.9. The second-order valence-electron chi connectivity index (χ2n) is 4.31. The van der Waals surface area contributed by atoms with Crippen molar-refractivity contribution in [3.05, 3.63) is 36.0 Å². The Labute approximate surface area is 118 Å². The minimum Gasteiger partial charge on any atom is -0.494 e. The van der Waals surface area contributed by atoms with Crippen molar-refractivity contribution in [3.8, 4) is 17.1 Å². The van der Waals surface area contributed by atoms with E-state index in [9.17, 15) is 0 Å². The number of nitrogens with zero attached hydrogens (tertiary/aromatic N) is 1. The lowest BCUT2D eigenvalue weighted by atomic mass is 10.1. The van der Waals surface area contributed by atoms with E-state index in [1.807, 2.05) is 37.3 Å². The van der Waals surface area contributed by atoms with Gasteiger partial charge in [-0.3, -0.25) is 0 Å². The van der Waals surface area contributed by atoms with Crippen molar-refractivity contribution in [2.45, 2.75) is 13.5 Å². The summed E-state index contributed by atoms with van der Waals surface area (Å²) in [5, 5.41) is 7.27.